The van der Waals surface area contributed by atoms with Gasteiger partial charge in [-0.15, -0.1) is 0 Å². The first-order chi connectivity index (χ1) is 17.5. The smallest absolute Gasteiger partial charge is 0.394 e. The predicted molar refractivity (Wildman–Crippen MR) is 125 cm³/mol. The molecule has 30 nitrogen and oxygen atoms in total. The van der Waals surface area contributed by atoms with Gasteiger partial charge in [-0.1, -0.05) is 0 Å². The minimum absolute atomic E-state index is 0.248. The zero-order chi connectivity index (χ0) is 36.7. The van der Waals surface area contributed by atoms with Gasteiger partial charge in [-0.05, 0) is 0 Å². The Balaban J connectivity index is -0.0000000711. The molecule has 0 heterocycles. The van der Waals surface area contributed by atoms with E-state index in [0.29, 0.717) is 0 Å². The highest BCUT2D eigenvalue weighted by Crippen LogP contribution is 2.27. The number of aliphatic hydroxyl groups is 4. The first kappa shape index (κ1) is 57.8. The van der Waals surface area contributed by atoms with Crippen molar-refractivity contribution in [3.05, 3.63) is 0 Å². The van der Waals surface area contributed by atoms with E-state index in [0.717, 1.165) is 0 Å². The van der Waals surface area contributed by atoms with Crippen LogP contribution in [-0.4, -0.2) is 146 Å². The molecular formula is C6H31NO29P6. The molecule has 0 rings (SSSR count). The van der Waals surface area contributed by atoms with Crippen LogP contribution in [-0.2, 0) is 32.2 Å². The topological polar surface area (TPSA) is 591 Å². The molecular weight excluding hydrogens is 736 g/mol. The van der Waals surface area contributed by atoms with Gasteiger partial charge >= 0.3 is 46.9 Å². The van der Waals surface area contributed by atoms with Gasteiger partial charge in [0.15, 0.2) is 0 Å². The molecule has 0 saturated carbocycles. The van der Waals surface area contributed by atoms with Crippen LogP contribution in [0.3, 0.4) is 0 Å². The maximum atomic E-state index is 10.0. The highest BCUT2D eigenvalue weighted by Gasteiger charge is 2.28. The van der Waals surface area contributed by atoms with Gasteiger partial charge in [-0.25, -0.2) is 27.4 Å². The van der Waals surface area contributed by atoms with Crippen LogP contribution in [0.25, 0.3) is 0 Å². The van der Waals surface area contributed by atoms with Crippen molar-refractivity contribution in [3.63, 3.8) is 0 Å². The Bertz CT molecular complexity index is 726. The lowest BCUT2D eigenvalue weighted by atomic mass is 10.0. The minimum Gasteiger partial charge on any atom is -0.394 e. The van der Waals surface area contributed by atoms with E-state index in [1.807, 2.05) is 0 Å². The Hall–Kier alpha value is 0.130. The van der Waals surface area contributed by atoms with Crippen LogP contribution in [0.5, 0.6) is 0 Å². The highest BCUT2D eigenvalue weighted by molar-refractivity contribution is 7.46. The Kier molecular flexibility index (Phi) is 36.2. The first-order valence-electron chi connectivity index (χ1n) is 8.10. The lowest BCUT2D eigenvalue weighted by Crippen LogP contribution is -2.49. The molecule has 0 bridgehead atoms. The number of carbonyl (C=O) groups excluding carboxylic acids is 1. The second kappa shape index (κ2) is 26.4. The maximum absolute atomic E-state index is 10.0. The van der Waals surface area contributed by atoms with Gasteiger partial charge in [-0.3, -0.25) is 0 Å². The summed E-state index contributed by atoms with van der Waals surface area (Å²) < 4.78 is 53.3. The monoisotopic (exact) mass is 767 g/mol. The van der Waals surface area contributed by atoms with Crippen molar-refractivity contribution in [2.24, 2.45) is 5.73 Å². The van der Waals surface area contributed by atoms with Crippen molar-refractivity contribution in [2.75, 3.05) is 6.61 Å². The van der Waals surface area contributed by atoms with Gasteiger partial charge in [0, 0.05) is 0 Å². The molecule has 0 unspecified atom stereocenters. The number of hydrogen-bond donors (Lipinski definition) is 23. The van der Waals surface area contributed by atoms with Gasteiger partial charge < -0.3 is 119 Å². The van der Waals surface area contributed by atoms with Crippen molar-refractivity contribution in [2.45, 2.75) is 24.4 Å². The minimum atomic E-state index is -4.64. The molecule has 4 atom stereocenters. The third-order valence-electron chi connectivity index (χ3n) is 1.48. The molecule has 264 valence electrons. The Morgan fingerprint density at radius 3 is 0.690 bits per heavy atom. The van der Waals surface area contributed by atoms with Gasteiger partial charge in [0.2, 0.25) is 0 Å². The summed E-state index contributed by atoms with van der Waals surface area (Å²) in [6, 6.07) is -1.26. The zero-order valence-corrected chi connectivity index (χ0v) is 24.9. The van der Waals surface area contributed by atoms with Crippen LogP contribution in [0.1, 0.15) is 0 Å². The maximum Gasteiger partial charge on any atom is 0.466 e. The summed E-state index contributed by atoms with van der Waals surface area (Å²) in [6.45, 7) is -0.705. The molecule has 0 radical (unpaired) electrons. The van der Waals surface area contributed by atoms with E-state index in [1.54, 1.807) is 0 Å². The number of rotatable bonds is 5. The summed E-state index contributed by atoms with van der Waals surface area (Å²) in [5.74, 6) is 0. The van der Waals surface area contributed by atoms with E-state index < -0.39 is 77.9 Å². The molecule has 0 fully saturated rings. The molecule has 0 aromatic heterocycles. The standard InChI is InChI=1S/C6H13NO5.6H3O4P/c7-3(1-8)5(11)6(12)4(10)2-9;6*1-5(2,3)4/h1,3-6,9-12H,2,7H2;6*(H3,1,2,3,4)/t3-,4+,5+,6-;;;;;;/m0....../s1. The van der Waals surface area contributed by atoms with Crippen LogP contribution >= 0.6 is 46.9 Å². The molecule has 36 heteroatoms. The molecule has 42 heavy (non-hydrogen) atoms. The molecule has 0 aromatic rings. The van der Waals surface area contributed by atoms with Crippen molar-refractivity contribution < 1.29 is 141 Å². The van der Waals surface area contributed by atoms with Crippen molar-refractivity contribution >= 4 is 53.2 Å². The first-order valence-corrected chi connectivity index (χ1v) is 17.5. The lowest BCUT2D eigenvalue weighted by Gasteiger charge is -2.23. The second-order valence-electron chi connectivity index (χ2n) is 5.52. The second-order valence-corrected chi connectivity index (χ2v) is 11.7. The molecule has 0 aliphatic heterocycles. The van der Waals surface area contributed by atoms with Crippen LogP contribution < -0.4 is 5.73 Å². The Morgan fingerprint density at radius 2 is 0.595 bits per heavy atom. The van der Waals surface area contributed by atoms with Crippen LogP contribution in [0.15, 0.2) is 0 Å². The van der Waals surface area contributed by atoms with E-state index >= 15 is 0 Å². The fourth-order valence-corrected chi connectivity index (χ4v) is 0.644. The number of phosphoric acid groups is 6. The van der Waals surface area contributed by atoms with E-state index in [2.05, 4.69) is 0 Å². The zero-order valence-electron chi connectivity index (χ0n) is 19.6. The fraction of sp³-hybridized carbons (Fsp3) is 0.833. The third-order valence-corrected chi connectivity index (χ3v) is 1.48. The quantitative estimate of drug-likeness (QED) is 0.0912. The lowest BCUT2D eigenvalue weighted by molar-refractivity contribution is -0.118. The van der Waals surface area contributed by atoms with E-state index in [9.17, 15) is 4.79 Å². The normalized spacial score (nSPS) is 14.5. The van der Waals surface area contributed by atoms with Crippen molar-refractivity contribution in [1.82, 2.24) is 0 Å². The van der Waals surface area contributed by atoms with Gasteiger partial charge in [0.25, 0.3) is 0 Å². The Labute approximate surface area is 231 Å². The fourth-order valence-electron chi connectivity index (χ4n) is 0.644. The average Bonchev–Trinajstić information content (AvgIpc) is 2.57. The summed E-state index contributed by atoms with van der Waals surface area (Å²) in [4.78, 5) is 139. The third kappa shape index (κ3) is 236. The van der Waals surface area contributed by atoms with Crippen LogP contribution in [0.2, 0.25) is 0 Å². The summed E-state index contributed by atoms with van der Waals surface area (Å²) in [5.41, 5.74) is 5.04. The molecule has 24 N–H and O–H groups in total. The van der Waals surface area contributed by atoms with Crippen molar-refractivity contribution in [1.29, 1.82) is 0 Å². The summed E-state index contributed by atoms with van der Waals surface area (Å²) in [6.07, 6.45) is -4.43. The summed E-state index contributed by atoms with van der Waals surface area (Å²) in [5, 5.41) is 35.2. The van der Waals surface area contributed by atoms with E-state index in [1.165, 1.54) is 0 Å². The summed E-state index contributed by atoms with van der Waals surface area (Å²) in [7, 11) is -27.8. The van der Waals surface area contributed by atoms with Gasteiger partial charge in [0.1, 0.15) is 24.6 Å². The van der Waals surface area contributed by atoms with E-state index in [4.69, 9.17) is 142 Å². The molecule has 0 spiro atoms. The van der Waals surface area contributed by atoms with Gasteiger partial charge in [0.05, 0.1) is 12.6 Å². The predicted octanol–water partition coefficient (Wildman–Crippen LogP) is -8.98. The largest absolute Gasteiger partial charge is 0.466 e. The number of aldehydes is 1. The average molecular weight is 767 g/mol. The highest BCUT2D eigenvalue weighted by atomic mass is 31.2. The Morgan fingerprint density at radius 1 is 0.452 bits per heavy atom. The molecule has 0 aliphatic rings. The summed E-state index contributed by atoms with van der Waals surface area (Å²) >= 11 is 0. The molecule has 0 aliphatic carbocycles. The number of nitrogens with two attached hydrogens (primary N) is 1. The van der Waals surface area contributed by atoms with Gasteiger partial charge in [-0.2, -0.15) is 0 Å². The number of aliphatic hydroxyl groups excluding tert-OH is 4. The van der Waals surface area contributed by atoms with Crippen LogP contribution in [0, 0.1) is 0 Å². The molecule has 0 aromatic carbocycles. The van der Waals surface area contributed by atoms with Crippen LogP contribution in [0.4, 0.5) is 0 Å². The van der Waals surface area contributed by atoms with E-state index in [-0.39, 0.29) is 6.29 Å². The molecule has 0 amide bonds. The SMILES string of the molecule is N[C@@H](C=O)[C@@H](O)[C@@H](O)[C@H](O)CO.O=P(O)(O)O.O=P(O)(O)O.O=P(O)(O)O.O=P(O)(O)O.O=P(O)(O)O.O=P(O)(O)O. The number of hydrogen-bond acceptors (Lipinski definition) is 12. The van der Waals surface area contributed by atoms with Crippen molar-refractivity contribution in [3.8, 4) is 0 Å². The number of carbonyl (C=O) groups is 1. The molecule has 0 saturated heterocycles.